The minimum absolute atomic E-state index is 0.0606. The van der Waals surface area contributed by atoms with E-state index in [4.69, 9.17) is 16.3 Å². The van der Waals surface area contributed by atoms with Gasteiger partial charge in [-0.05, 0) is 89.2 Å². The van der Waals surface area contributed by atoms with Crippen molar-refractivity contribution >= 4 is 58.0 Å². The molecule has 1 fully saturated rings. The lowest BCUT2D eigenvalue weighted by molar-refractivity contribution is -0.137. The zero-order valence-electron chi connectivity index (χ0n) is 29.3. The summed E-state index contributed by atoms with van der Waals surface area (Å²) in [4.78, 5) is 63.8. The molecule has 2 aliphatic rings. The van der Waals surface area contributed by atoms with Crippen molar-refractivity contribution in [1.29, 1.82) is 0 Å². The van der Waals surface area contributed by atoms with Crippen LogP contribution in [-0.4, -0.2) is 69.7 Å². The predicted octanol–water partition coefficient (Wildman–Crippen LogP) is 5.36. The quantitative estimate of drug-likeness (QED) is 0.0496. The molecular weight excluding hydrogens is 712 g/mol. The van der Waals surface area contributed by atoms with Gasteiger partial charge in [-0.15, -0.1) is 11.6 Å². The predicted molar refractivity (Wildman–Crippen MR) is 203 cm³/mol. The Morgan fingerprint density at radius 1 is 0.815 bits per heavy atom. The smallest absolute Gasteiger partial charge is 0.255 e. The number of benzene rings is 4. The molecule has 12 nitrogen and oxygen atoms in total. The molecule has 278 valence electrons. The zero-order valence-corrected chi connectivity index (χ0v) is 30.0. The number of allylic oxidation sites excluding steroid dienone is 1. The number of rotatable bonds is 14. The van der Waals surface area contributed by atoms with Crippen LogP contribution in [0.1, 0.15) is 64.7 Å². The Bertz CT molecular complexity index is 2080. The Balaban J connectivity index is 1.00. The zero-order chi connectivity index (χ0) is 38.2. The number of aromatic hydroxyl groups is 2. The average Bonchev–Trinajstić information content (AvgIpc) is 3.50. The third-order valence-corrected chi connectivity index (χ3v) is 9.48. The first kappa shape index (κ1) is 37.6. The summed E-state index contributed by atoms with van der Waals surface area (Å²) in [5.74, 6) is -0.681. The van der Waals surface area contributed by atoms with E-state index in [2.05, 4.69) is 16.0 Å². The molecule has 13 heteroatoms. The van der Waals surface area contributed by atoms with Gasteiger partial charge in [-0.1, -0.05) is 42.5 Å². The number of halogens is 1. The molecule has 2 aliphatic heterocycles. The van der Waals surface area contributed by atoms with Gasteiger partial charge in [0.1, 0.15) is 29.9 Å². The van der Waals surface area contributed by atoms with Crippen LogP contribution in [0, 0.1) is 0 Å². The van der Waals surface area contributed by atoms with Crippen molar-refractivity contribution in [3.63, 3.8) is 0 Å². The van der Waals surface area contributed by atoms with Gasteiger partial charge in [-0.25, -0.2) is 0 Å². The number of piperidine rings is 1. The number of anilines is 1. The standard InChI is InChI=1S/C41H39ClN4O8/c42-21-20-31(25-4-10-28(47)11-5-25)39(26-6-12-29(48)13-7-26)27-8-14-30(15-9-27)54-23-22-43-36(49)18-19-37(50)44-34-3-1-2-32-33(34)24-46(41(32)53)35-16-17-38(51)45-40(35)52/h1-15,35,47-48H,16-24H2,(H,43,49)(H,44,50)(H,45,51,52). The third kappa shape index (κ3) is 8.89. The van der Waals surface area contributed by atoms with E-state index >= 15 is 0 Å². The van der Waals surface area contributed by atoms with Crippen LogP contribution < -0.4 is 20.7 Å². The van der Waals surface area contributed by atoms with Crippen LogP contribution in [0.15, 0.2) is 91.0 Å². The third-order valence-electron chi connectivity index (χ3n) is 9.29. The molecule has 2 heterocycles. The van der Waals surface area contributed by atoms with Crippen LogP contribution in [0.25, 0.3) is 11.1 Å². The summed E-state index contributed by atoms with van der Waals surface area (Å²) in [5.41, 5.74) is 5.96. The highest BCUT2D eigenvalue weighted by Gasteiger charge is 2.40. The Morgan fingerprint density at radius 2 is 1.44 bits per heavy atom. The first-order valence-electron chi connectivity index (χ1n) is 17.6. The van der Waals surface area contributed by atoms with Crippen LogP contribution in [0.3, 0.4) is 0 Å². The monoisotopic (exact) mass is 750 g/mol. The molecule has 0 bridgehead atoms. The maximum Gasteiger partial charge on any atom is 0.255 e. The van der Waals surface area contributed by atoms with Gasteiger partial charge >= 0.3 is 0 Å². The van der Waals surface area contributed by atoms with E-state index in [-0.39, 0.29) is 74.6 Å². The highest BCUT2D eigenvalue weighted by Crippen LogP contribution is 2.37. The van der Waals surface area contributed by atoms with Gasteiger partial charge < -0.3 is 30.5 Å². The van der Waals surface area contributed by atoms with E-state index in [1.165, 1.54) is 4.90 Å². The molecule has 1 atom stereocenters. The molecule has 0 aromatic heterocycles. The lowest BCUT2D eigenvalue weighted by atomic mass is 9.88. The molecule has 6 rings (SSSR count). The fourth-order valence-corrected chi connectivity index (χ4v) is 6.81. The number of fused-ring (bicyclic) bond motifs is 1. The van der Waals surface area contributed by atoms with Crippen molar-refractivity contribution in [2.45, 2.75) is 44.7 Å². The Morgan fingerprint density at radius 3 is 2.09 bits per heavy atom. The van der Waals surface area contributed by atoms with E-state index in [1.54, 1.807) is 42.5 Å². The molecule has 5 amide bonds. The molecule has 4 aromatic rings. The number of nitrogens with one attached hydrogen (secondary N) is 3. The number of alkyl halides is 1. The topological polar surface area (TPSA) is 174 Å². The minimum atomic E-state index is -0.767. The summed E-state index contributed by atoms with van der Waals surface area (Å²) >= 11 is 6.24. The van der Waals surface area contributed by atoms with Crippen LogP contribution >= 0.6 is 11.6 Å². The molecular formula is C41H39ClN4O8. The normalized spacial score (nSPS) is 15.6. The van der Waals surface area contributed by atoms with Gasteiger partial charge in [0, 0.05) is 48.5 Å². The molecule has 1 unspecified atom stereocenters. The van der Waals surface area contributed by atoms with Crippen LogP contribution in [0.4, 0.5) is 5.69 Å². The Labute approximate surface area is 316 Å². The number of nitrogens with zero attached hydrogens (tertiary/aromatic N) is 1. The SMILES string of the molecule is O=C(CCC(=O)Nc1cccc2c1CN(C1CCC(=O)NC1=O)C2=O)NCCOc1ccc(C(=C(CCCl)c2ccc(O)cc2)c2ccc(O)cc2)cc1. The molecule has 0 spiro atoms. The molecule has 54 heavy (non-hydrogen) atoms. The van der Waals surface area contributed by atoms with E-state index in [1.807, 2.05) is 48.5 Å². The highest BCUT2D eigenvalue weighted by molar-refractivity contribution is 6.18. The average molecular weight is 751 g/mol. The van der Waals surface area contributed by atoms with Crippen molar-refractivity contribution in [2.75, 3.05) is 24.3 Å². The summed E-state index contributed by atoms with van der Waals surface area (Å²) in [7, 11) is 0. The van der Waals surface area contributed by atoms with Crippen molar-refractivity contribution in [2.24, 2.45) is 0 Å². The summed E-state index contributed by atoms with van der Waals surface area (Å²) in [6.07, 6.45) is 0.786. The number of ether oxygens (including phenoxy) is 1. The van der Waals surface area contributed by atoms with Gasteiger partial charge in [0.05, 0.1) is 6.54 Å². The highest BCUT2D eigenvalue weighted by atomic mass is 35.5. The number of carbonyl (C=O) groups is 5. The molecule has 0 radical (unpaired) electrons. The van der Waals surface area contributed by atoms with Gasteiger partial charge in [0.2, 0.25) is 23.6 Å². The van der Waals surface area contributed by atoms with Crippen LogP contribution in [-0.2, 0) is 25.7 Å². The number of amides is 5. The summed E-state index contributed by atoms with van der Waals surface area (Å²) in [6.45, 7) is 0.522. The van der Waals surface area contributed by atoms with Crippen LogP contribution in [0.5, 0.6) is 17.2 Å². The lowest BCUT2D eigenvalue weighted by Crippen LogP contribution is -2.52. The summed E-state index contributed by atoms with van der Waals surface area (Å²) in [6, 6.07) is 25.5. The van der Waals surface area contributed by atoms with Crippen LogP contribution in [0.2, 0.25) is 0 Å². The van der Waals surface area contributed by atoms with E-state index in [0.29, 0.717) is 34.9 Å². The molecule has 0 saturated carbocycles. The van der Waals surface area contributed by atoms with Gasteiger partial charge in [-0.2, -0.15) is 0 Å². The number of imide groups is 1. The maximum atomic E-state index is 13.1. The fourth-order valence-electron chi connectivity index (χ4n) is 6.62. The largest absolute Gasteiger partial charge is 0.508 e. The molecule has 4 aromatic carbocycles. The number of carbonyl (C=O) groups excluding carboxylic acids is 5. The maximum absolute atomic E-state index is 13.1. The van der Waals surface area contributed by atoms with Gasteiger partial charge in [0.25, 0.3) is 5.91 Å². The molecule has 5 N–H and O–H groups in total. The molecule has 0 aliphatic carbocycles. The van der Waals surface area contributed by atoms with E-state index in [0.717, 1.165) is 27.8 Å². The number of hydrogen-bond donors (Lipinski definition) is 5. The second kappa shape index (κ2) is 17.1. The first-order chi connectivity index (χ1) is 26.1. The minimum Gasteiger partial charge on any atom is -0.508 e. The van der Waals surface area contributed by atoms with E-state index < -0.39 is 17.9 Å². The fraction of sp³-hybridized carbons (Fsp3) is 0.244. The number of phenols is 2. The lowest BCUT2D eigenvalue weighted by Gasteiger charge is -2.29. The number of hydrogen-bond acceptors (Lipinski definition) is 8. The number of phenolic OH excluding ortho intramolecular Hbond substituents is 2. The second-order valence-corrected chi connectivity index (χ2v) is 13.3. The summed E-state index contributed by atoms with van der Waals surface area (Å²) in [5, 5.41) is 27.6. The van der Waals surface area contributed by atoms with Crippen molar-refractivity contribution in [3.8, 4) is 17.2 Å². The first-order valence-corrected chi connectivity index (χ1v) is 18.1. The van der Waals surface area contributed by atoms with Crippen molar-refractivity contribution in [1.82, 2.24) is 15.5 Å². The van der Waals surface area contributed by atoms with E-state index in [9.17, 15) is 34.2 Å². The summed E-state index contributed by atoms with van der Waals surface area (Å²) < 4.78 is 5.87. The van der Waals surface area contributed by atoms with Crippen molar-refractivity contribution in [3.05, 3.63) is 119 Å². The van der Waals surface area contributed by atoms with Gasteiger partial charge in [-0.3, -0.25) is 29.3 Å². The Kier molecular flexibility index (Phi) is 11.9. The van der Waals surface area contributed by atoms with Crippen molar-refractivity contribution < 1.29 is 38.9 Å². The molecule has 1 saturated heterocycles. The Hall–Kier alpha value is -6.14. The van der Waals surface area contributed by atoms with Gasteiger partial charge in [0.15, 0.2) is 0 Å². The second-order valence-electron chi connectivity index (χ2n) is 12.9.